The fourth-order valence-corrected chi connectivity index (χ4v) is 1.38. The Morgan fingerprint density at radius 1 is 1.33 bits per heavy atom. The molecule has 0 saturated heterocycles. The summed E-state index contributed by atoms with van der Waals surface area (Å²) < 4.78 is 14.3. The van der Waals surface area contributed by atoms with Crippen molar-refractivity contribution in [3.05, 3.63) is 47.5 Å². The van der Waals surface area contributed by atoms with Gasteiger partial charge in [-0.05, 0) is 31.2 Å². The number of carbonyl (C=O) groups is 1. The molecular formula is C11H9FN2O. The molecule has 76 valence electrons. The van der Waals surface area contributed by atoms with Gasteiger partial charge in [0, 0.05) is 0 Å². The Hall–Kier alpha value is -1.97. The third-order valence-corrected chi connectivity index (χ3v) is 2.25. The zero-order valence-electron chi connectivity index (χ0n) is 8.14. The molecule has 1 aromatic carbocycles. The summed E-state index contributed by atoms with van der Waals surface area (Å²) in [6, 6.07) is 5.95. The standard InChI is InChI=1S/C11H9FN2O/c1-8-9(7-15)6-13-14(8)11-4-2-10(12)3-5-11/h2-7H,1H3. The van der Waals surface area contributed by atoms with Crippen molar-refractivity contribution in [2.45, 2.75) is 6.92 Å². The molecule has 3 nitrogen and oxygen atoms in total. The molecule has 0 aliphatic carbocycles. The van der Waals surface area contributed by atoms with Gasteiger partial charge in [0.2, 0.25) is 0 Å². The van der Waals surface area contributed by atoms with E-state index in [1.807, 2.05) is 0 Å². The van der Waals surface area contributed by atoms with Gasteiger partial charge < -0.3 is 0 Å². The lowest BCUT2D eigenvalue weighted by Gasteiger charge is -2.03. The van der Waals surface area contributed by atoms with Crippen LogP contribution in [-0.4, -0.2) is 16.1 Å². The smallest absolute Gasteiger partial charge is 0.153 e. The van der Waals surface area contributed by atoms with E-state index in [4.69, 9.17) is 0 Å². The van der Waals surface area contributed by atoms with Crippen molar-refractivity contribution < 1.29 is 9.18 Å². The number of benzene rings is 1. The van der Waals surface area contributed by atoms with E-state index in [-0.39, 0.29) is 5.82 Å². The Labute approximate surface area is 86.2 Å². The van der Waals surface area contributed by atoms with Gasteiger partial charge in [0.1, 0.15) is 5.82 Å². The number of rotatable bonds is 2. The molecule has 2 aromatic rings. The molecule has 0 saturated carbocycles. The highest BCUT2D eigenvalue weighted by Gasteiger charge is 2.06. The van der Waals surface area contributed by atoms with Gasteiger partial charge in [-0.15, -0.1) is 0 Å². The van der Waals surface area contributed by atoms with Crippen LogP contribution in [0.15, 0.2) is 30.5 Å². The Bertz CT molecular complexity index is 488. The minimum atomic E-state index is -0.292. The molecule has 0 aliphatic heterocycles. The van der Waals surface area contributed by atoms with Gasteiger partial charge in [0.15, 0.2) is 6.29 Å². The second kappa shape index (κ2) is 3.65. The molecule has 2 rings (SSSR count). The number of hydrogen-bond acceptors (Lipinski definition) is 2. The van der Waals surface area contributed by atoms with Crippen LogP contribution >= 0.6 is 0 Å². The van der Waals surface area contributed by atoms with Crippen LogP contribution in [-0.2, 0) is 0 Å². The van der Waals surface area contributed by atoms with Crippen LogP contribution in [0.5, 0.6) is 0 Å². The molecule has 1 aromatic heterocycles. The van der Waals surface area contributed by atoms with Crippen molar-refractivity contribution in [2.75, 3.05) is 0 Å². The Morgan fingerprint density at radius 3 is 2.53 bits per heavy atom. The Morgan fingerprint density at radius 2 is 2.00 bits per heavy atom. The van der Waals surface area contributed by atoms with Crippen molar-refractivity contribution in [3.8, 4) is 5.69 Å². The number of aromatic nitrogens is 2. The van der Waals surface area contributed by atoms with Gasteiger partial charge in [-0.3, -0.25) is 4.79 Å². The summed E-state index contributed by atoms with van der Waals surface area (Å²) in [6.07, 6.45) is 2.24. The molecule has 4 heteroatoms. The van der Waals surface area contributed by atoms with Crippen molar-refractivity contribution in [1.82, 2.24) is 9.78 Å². The fraction of sp³-hybridized carbons (Fsp3) is 0.0909. The van der Waals surface area contributed by atoms with E-state index in [2.05, 4.69) is 5.10 Å². The number of halogens is 1. The minimum Gasteiger partial charge on any atom is -0.298 e. The Kier molecular flexibility index (Phi) is 2.33. The molecule has 0 aliphatic rings. The van der Waals surface area contributed by atoms with Gasteiger partial charge in [0.25, 0.3) is 0 Å². The lowest BCUT2D eigenvalue weighted by molar-refractivity contribution is 0.112. The highest BCUT2D eigenvalue weighted by Crippen LogP contribution is 2.13. The maximum Gasteiger partial charge on any atom is 0.153 e. The lowest BCUT2D eigenvalue weighted by atomic mass is 10.2. The summed E-state index contributed by atoms with van der Waals surface area (Å²) in [4.78, 5) is 10.6. The van der Waals surface area contributed by atoms with E-state index in [1.165, 1.54) is 18.3 Å². The molecule has 0 amide bonds. The van der Waals surface area contributed by atoms with Gasteiger partial charge in [-0.2, -0.15) is 5.10 Å². The first kappa shape index (κ1) is 9.58. The lowest BCUT2D eigenvalue weighted by Crippen LogP contribution is -1.99. The molecule has 0 radical (unpaired) electrons. The first-order chi connectivity index (χ1) is 7.22. The van der Waals surface area contributed by atoms with Crippen molar-refractivity contribution in [1.29, 1.82) is 0 Å². The average Bonchev–Trinajstić information content (AvgIpc) is 2.61. The summed E-state index contributed by atoms with van der Waals surface area (Å²) in [5.74, 6) is -0.292. The normalized spacial score (nSPS) is 10.3. The minimum absolute atomic E-state index is 0.292. The summed E-state index contributed by atoms with van der Waals surface area (Å²) >= 11 is 0. The number of hydrogen-bond donors (Lipinski definition) is 0. The maximum atomic E-state index is 12.7. The summed E-state index contributed by atoms with van der Waals surface area (Å²) in [5.41, 5.74) is 2.03. The first-order valence-electron chi connectivity index (χ1n) is 4.48. The summed E-state index contributed by atoms with van der Waals surface area (Å²) in [5, 5.41) is 4.05. The zero-order valence-corrected chi connectivity index (χ0v) is 8.14. The predicted octanol–water partition coefficient (Wildman–Crippen LogP) is 2.13. The fourth-order valence-electron chi connectivity index (χ4n) is 1.38. The topological polar surface area (TPSA) is 34.9 Å². The maximum absolute atomic E-state index is 12.7. The highest BCUT2D eigenvalue weighted by atomic mass is 19.1. The SMILES string of the molecule is Cc1c(C=O)cnn1-c1ccc(F)cc1. The zero-order chi connectivity index (χ0) is 10.8. The second-order valence-corrected chi connectivity index (χ2v) is 3.19. The molecule has 0 atom stereocenters. The largest absolute Gasteiger partial charge is 0.298 e. The third-order valence-electron chi connectivity index (χ3n) is 2.25. The van der Waals surface area contributed by atoms with E-state index < -0.39 is 0 Å². The molecule has 0 spiro atoms. The van der Waals surface area contributed by atoms with Crippen LogP contribution < -0.4 is 0 Å². The molecule has 0 N–H and O–H groups in total. The molecule has 0 fully saturated rings. The van der Waals surface area contributed by atoms with E-state index in [9.17, 15) is 9.18 Å². The number of aldehydes is 1. The van der Waals surface area contributed by atoms with E-state index in [0.29, 0.717) is 5.56 Å². The van der Waals surface area contributed by atoms with E-state index in [1.54, 1.807) is 23.7 Å². The monoisotopic (exact) mass is 204 g/mol. The second-order valence-electron chi connectivity index (χ2n) is 3.19. The van der Waals surface area contributed by atoms with Crippen LogP contribution in [0.2, 0.25) is 0 Å². The summed E-state index contributed by atoms with van der Waals surface area (Å²) in [6.45, 7) is 1.79. The molecular weight excluding hydrogens is 195 g/mol. The van der Waals surface area contributed by atoms with Crippen molar-refractivity contribution in [3.63, 3.8) is 0 Å². The molecule has 1 heterocycles. The van der Waals surface area contributed by atoms with Crippen LogP contribution in [0.4, 0.5) is 4.39 Å². The van der Waals surface area contributed by atoms with Gasteiger partial charge in [0.05, 0.1) is 23.1 Å². The molecule has 0 unspecified atom stereocenters. The van der Waals surface area contributed by atoms with Crippen LogP contribution in [0, 0.1) is 12.7 Å². The van der Waals surface area contributed by atoms with Crippen LogP contribution in [0.1, 0.15) is 16.1 Å². The van der Waals surface area contributed by atoms with E-state index in [0.717, 1.165) is 17.7 Å². The van der Waals surface area contributed by atoms with Crippen LogP contribution in [0.3, 0.4) is 0 Å². The van der Waals surface area contributed by atoms with Crippen molar-refractivity contribution in [2.24, 2.45) is 0 Å². The van der Waals surface area contributed by atoms with Gasteiger partial charge in [-0.25, -0.2) is 9.07 Å². The summed E-state index contributed by atoms with van der Waals surface area (Å²) in [7, 11) is 0. The molecule has 15 heavy (non-hydrogen) atoms. The third kappa shape index (κ3) is 1.66. The predicted molar refractivity (Wildman–Crippen MR) is 53.6 cm³/mol. The molecule has 0 bridgehead atoms. The van der Waals surface area contributed by atoms with Gasteiger partial charge >= 0.3 is 0 Å². The number of carbonyl (C=O) groups excluding carboxylic acids is 1. The first-order valence-corrected chi connectivity index (χ1v) is 4.48. The highest BCUT2D eigenvalue weighted by molar-refractivity contribution is 5.76. The Balaban J connectivity index is 2.49. The average molecular weight is 204 g/mol. The van der Waals surface area contributed by atoms with Crippen molar-refractivity contribution >= 4 is 6.29 Å². The number of nitrogens with zero attached hydrogens (tertiary/aromatic N) is 2. The van der Waals surface area contributed by atoms with Gasteiger partial charge in [-0.1, -0.05) is 0 Å². The van der Waals surface area contributed by atoms with E-state index >= 15 is 0 Å². The quantitative estimate of drug-likeness (QED) is 0.702. The van der Waals surface area contributed by atoms with Crippen LogP contribution in [0.25, 0.3) is 5.69 Å².